The number of pyridine rings is 2. The molecule has 202 valence electrons. The van der Waals surface area contributed by atoms with Crippen LogP contribution in [-0.4, -0.2) is 46.0 Å². The van der Waals surface area contributed by atoms with Crippen LogP contribution >= 0.6 is 0 Å². The Morgan fingerprint density at radius 3 is 2.47 bits per heavy atom. The number of fused-ring (bicyclic) bond motifs is 1. The molecule has 7 nitrogen and oxygen atoms in total. The first kappa shape index (κ1) is 27.5. The molecule has 0 N–H and O–H groups in total. The lowest BCUT2D eigenvalue weighted by Gasteiger charge is -2.49. The highest BCUT2D eigenvalue weighted by Crippen LogP contribution is 2.36. The molecule has 1 aromatic carbocycles. The van der Waals surface area contributed by atoms with Gasteiger partial charge in [-0.1, -0.05) is 39.0 Å². The van der Waals surface area contributed by atoms with E-state index in [9.17, 15) is 18.0 Å². The van der Waals surface area contributed by atoms with E-state index in [-0.39, 0.29) is 35.3 Å². The molecule has 1 unspecified atom stereocenters. The SMILES string of the molecule is [C-]#[N+]c1ccc2c(n1)c(N1C[C@@H](CC)N(C(CCC)c3ccc(OC(F)(F)F)cc3)C[C@@H]1C)cc(=O)n2C. The third-order valence-corrected chi connectivity index (χ3v) is 7.29. The minimum Gasteiger partial charge on any atom is -0.406 e. The molecule has 0 bridgehead atoms. The normalized spacial score (nSPS) is 19.4. The van der Waals surface area contributed by atoms with E-state index in [0.29, 0.717) is 24.1 Å². The molecule has 10 heteroatoms. The van der Waals surface area contributed by atoms with Crippen molar-refractivity contribution in [2.45, 2.75) is 64.5 Å². The van der Waals surface area contributed by atoms with Crippen molar-refractivity contribution in [3.8, 4) is 5.75 Å². The third kappa shape index (κ3) is 5.63. The van der Waals surface area contributed by atoms with E-state index in [2.05, 4.69) is 45.1 Å². The molecule has 3 heterocycles. The van der Waals surface area contributed by atoms with Gasteiger partial charge in [0.2, 0.25) is 5.52 Å². The Balaban J connectivity index is 1.67. The highest BCUT2D eigenvalue weighted by Gasteiger charge is 2.37. The highest BCUT2D eigenvalue weighted by molar-refractivity contribution is 5.89. The van der Waals surface area contributed by atoms with Crippen LogP contribution in [0.5, 0.6) is 5.75 Å². The number of piperazine rings is 1. The standard InChI is InChI=1S/C28H32F3N5O2/c1-6-8-22(19-9-11-21(12-10-19)38-28(29,30)31)36-16-18(3)35(17-20(36)7-2)24-15-26(37)34(5)23-13-14-25(32-4)33-27(23)24/h9-15,18,20,22H,6-8,16-17H2,1-3,5H3/t18-,20+,22?/m0/s1. The molecule has 4 rings (SSSR count). The van der Waals surface area contributed by atoms with Gasteiger partial charge in [-0.15, -0.1) is 18.2 Å². The van der Waals surface area contributed by atoms with Gasteiger partial charge in [0, 0.05) is 44.3 Å². The first-order valence-corrected chi connectivity index (χ1v) is 12.8. The summed E-state index contributed by atoms with van der Waals surface area (Å²) < 4.78 is 43.5. The lowest BCUT2D eigenvalue weighted by atomic mass is 9.94. The van der Waals surface area contributed by atoms with Crippen molar-refractivity contribution in [1.82, 2.24) is 14.5 Å². The van der Waals surface area contributed by atoms with Crippen molar-refractivity contribution in [2.75, 3.05) is 18.0 Å². The summed E-state index contributed by atoms with van der Waals surface area (Å²) in [7, 11) is 1.70. The Morgan fingerprint density at radius 2 is 1.87 bits per heavy atom. The molecule has 1 aliphatic heterocycles. The van der Waals surface area contributed by atoms with Gasteiger partial charge in [0.1, 0.15) is 5.75 Å². The Labute approximate surface area is 220 Å². The van der Waals surface area contributed by atoms with Gasteiger partial charge < -0.3 is 19.0 Å². The highest BCUT2D eigenvalue weighted by atomic mass is 19.4. The number of halogens is 3. The number of nitrogens with zero attached hydrogens (tertiary/aromatic N) is 5. The predicted octanol–water partition coefficient (Wildman–Crippen LogP) is 6.21. The minimum absolute atomic E-state index is 0.0266. The second kappa shape index (κ2) is 11.0. The smallest absolute Gasteiger partial charge is 0.406 e. The van der Waals surface area contributed by atoms with Crippen molar-refractivity contribution in [3.05, 3.63) is 69.8 Å². The van der Waals surface area contributed by atoms with Crippen LogP contribution in [0.15, 0.2) is 47.3 Å². The Bertz CT molecular complexity index is 1380. The molecule has 2 aromatic heterocycles. The average molecular weight is 528 g/mol. The van der Waals surface area contributed by atoms with Crippen molar-refractivity contribution in [3.63, 3.8) is 0 Å². The van der Waals surface area contributed by atoms with Crippen LogP contribution in [0.1, 0.15) is 51.6 Å². The second-order valence-electron chi connectivity index (χ2n) is 9.76. The molecule has 38 heavy (non-hydrogen) atoms. The molecule has 0 radical (unpaired) electrons. The van der Waals surface area contributed by atoms with Crippen molar-refractivity contribution in [1.29, 1.82) is 0 Å². The van der Waals surface area contributed by atoms with Gasteiger partial charge in [-0.05, 0) is 49.6 Å². The molecule has 1 fully saturated rings. The summed E-state index contributed by atoms with van der Waals surface area (Å²) in [6, 6.07) is 11.4. The molecular weight excluding hydrogens is 495 g/mol. The first-order valence-electron chi connectivity index (χ1n) is 12.8. The van der Waals surface area contributed by atoms with E-state index in [1.807, 2.05) is 0 Å². The van der Waals surface area contributed by atoms with E-state index >= 15 is 0 Å². The van der Waals surface area contributed by atoms with E-state index < -0.39 is 6.36 Å². The Kier molecular flexibility index (Phi) is 7.97. The van der Waals surface area contributed by atoms with Crippen LogP contribution in [0, 0.1) is 6.57 Å². The number of hydrogen-bond donors (Lipinski definition) is 0. The first-order chi connectivity index (χ1) is 18.1. The monoisotopic (exact) mass is 527 g/mol. The molecule has 0 saturated carbocycles. The number of hydrogen-bond acceptors (Lipinski definition) is 5. The van der Waals surface area contributed by atoms with Gasteiger partial charge >= 0.3 is 6.36 Å². The number of ether oxygens (including phenoxy) is 1. The van der Waals surface area contributed by atoms with Crippen LogP contribution < -0.4 is 15.2 Å². The molecular formula is C28H32F3N5O2. The molecule has 1 aliphatic rings. The zero-order valence-electron chi connectivity index (χ0n) is 22.0. The van der Waals surface area contributed by atoms with Crippen molar-refractivity contribution >= 4 is 22.5 Å². The van der Waals surface area contributed by atoms with E-state index in [1.54, 1.807) is 41.9 Å². The lowest BCUT2D eigenvalue weighted by molar-refractivity contribution is -0.274. The Morgan fingerprint density at radius 1 is 1.16 bits per heavy atom. The summed E-state index contributed by atoms with van der Waals surface area (Å²) in [4.78, 5) is 25.5. The molecule has 0 amide bonds. The summed E-state index contributed by atoms with van der Waals surface area (Å²) in [5.74, 6) is 0.0437. The number of anilines is 1. The van der Waals surface area contributed by atoms with Crippen LogP contribution in [0.3, 0.4) is 0 Å². The van der Waals surface area contributed by atoms with E-state index in [0.717, 1.165) is 30.5 Å². The van der Waals surface area contributed by atoms with Crippen LogP contribution in [0.2, 0.25) is 0 Å². The molecule has 1 saturated heterocycles. The number of aromatic nitrogens is 2. The molecule has 0 spiro atoms. The fraction of sp³-hybridized carbons (Fsp3) is 0.464. The summed E-state index contributed by atoms with van der Waals surface area (Å²) >= 11 is 0. The van der Waals surface area contributed by atoms with Crippen molar-refractivity contribution in [2.24, 2.45) is 7.05 Å². The number of benzene rings is 1. The summed E-state index contributed by atoms with van der Waals surface area (Å²) in [6.07, 6.45) is -2.11. The molecule has 3 atom stereocenters. The summed E-state index contributed by atoms with van der Waals surface area (Å²) in [5, 5.41) is 0. The van der Waals surface area contributed by atoms with Gasteiger partial charge in [0.25, 0.3) is 11.4 Å². The van der Waals surface area contributed by atoms with Crippen LogP contribution in [0.25, 0.3) is 15.9 Å². The van der Waals surface area contributed by atoms with Gasteiger partial charge in [-0.2, -0.15) is 0 Å². The van der Waals surface area contributed by atoms with Crippen molar-refractivity contribution < 1.29 is 17.9 Å². The van der Waals surface area contributed by atoms with E-state index in [4.69, 9.17) is 6.57 Å². The van der Waals surface area contributed by atoms with Gasteiger partial charge in [0.15, 0.2) is 0 Å². The summed E-state index contributed by atoms with van der Waals surface area (Å²) in [5.41, 5.74) is 2.83. The molecule has 3 aromatic rings. The predicted molar refractivity (Wildman–Crippen MR) is 142 cm³/mol. The van der Waals surface area contributed by atoms with E-state index in [1.165, 1.54) is 12.1 Å². The zero-order chi connectivity index (χ0) is 27.6. The maximum Gasteiger partial charge on any atom is 0.573 e. The maximum atomic E-state index is 12.8. The zero-order valence-corrected chi connectivity index (χ0v) is 22.0. The average Bonchev–Trinajstić information content (AvgIpc) is 2.89. The number of rotatable bonds is 7. The maximum absolute atomic E-state index is 12.8. The van der Waals surface area contributed by atoms with Crippen LogP contribution in [-0.2, 0) is 7.05 Å². The largest absolute Gasteiger partial charge is 0.573 e. The van der Waals surface area contributed by atoms with Gasteiger partial charge in [-0.3, -0.25) is 9.69 Å². The fourth-order valence-electron chi connectivity index (χ4n) is 5.42. The number of aryl methyl sites for hydroxylation is 1. The fourth-order valence-corrected chi connectivity index (χ4v) is 5.42. The number of alkyl halides is 3. The van der Waals surface area contributed by atoms with Gasteiger partial charge in [0.05, 0.1) is 11.2 Å². The Hall–Kier alpha value is -3.58. The molecule has 0 aliphatic carbocycles. The minimum atomic E-state index is -4.73. The van der Waals surface area contributed by atoms with Gasteiger partial charge in [-0.25, -0.2) is 0 Å². The summed E-state index contributed by atoms with van der Waals surface area (Å²) in [6.45, 7) is 15.1. The van der Waals surface area contributed by atoms with Crippen LogP contribution in [0.4, 0.5) is 24.7 Å². The topological polar surface area (TPSA) is 55.0 Å². The third-order valence-electron chi connectivity index (χ3n) is 7.29. The lowest BCUT2D eigenvalue weighted by Crippen LogP contribution is -2.58. The quantitative estimate of drug-likeness (QED) is 0.342. The second-order valence-corrected chi connectivity index (χ2v) is 9.76.